The summed E-state index contributed by atoms with van der Waals surface area (Å²) in [5.41, 5.74) is 0.570. The van der Waals surface area contributed by atoms with Gasteiger partial charge in [-0.3, -0.25) is 14.5 Å². The first-order valence-corrected chi connectivity index (χ1v) is 10.1. The molecule has 2 aliphatic rings. The van der Waals surface area contributed by atoms with E-state index in [9.17, 15) is 19.2 Å². The van der Waals surface area contributed by atoms with Crippen LogP contribution in [0.4, 0.5) is 4.79 Å². The van der Waals surface area contributed by atoms with Gasteiger partial charge in [-0.1, -0.05) is 26.0 Å². The first-order valence-electron chi connectivity index (χ1n) is 8.94. The largest absolute Gasteiger partial charge is 0.458 e. The smallest absolute Gasteiger partial charge is 0.407 e. The second-order valence-electron chi connectivity index (χ2n) is 6.97. The number of benzene rings is 1. The molecule has 1 N–H and O–H groups in total. The number of fused-ring (bicyclic) bond motifs is 1. The summed E-state index contributed by atoms with van der Waals surface area (Å²) in [6, 6.07) is 5.06. The summed E-state index contributed by atoms with van der Waals surface area (Å²) >= 11 is 1.53. The van der Waals surface area contributed by atoms with E-state index < -0.39 is 42.1 Å². The molecule has 3 atom stereocenters. The van der Waals surface area contributed by atoms with E-state index in [0.29, 0.717) is 11.5 Å². The van der Waals surface area contributed by atoms with Crippen molar-refractivity contribution in [3.05, 3.63) is 35.4 Å². The summed E-state index contributed by atoms with van der Waals surface area (Å²) in [6.07, 6.45) is -1.16. The number of alkyl carbamates (subject to hydrolysis) is 1. The number of nitrogens with one attached hydrogen (secondary N) is 1. The minimum Gasteiger partial charge on any atom is -0.458 e. The maximum atomic E-state index is 12.9. The maximum absolute atomic E-state index is 12.9. The van der Waals surface area contributed by atoms with Crippen LogP contribution in [0, 0.1) is 5.92 Å². The Bertz CT molecular complexity index is 776. The summed E-state index contributed by atoms with van der Waals surface area (Å²) in [6.45, 7) is 3.51. The third-order valence-corrected chi connectivity index (χ3v) is 5.92. The van der Waals surface area contributed by atoms with Gasteiger partial charge in [-0.25, -0.2) is 9.59 Å². The Kier molecular flexibility index (Phi) is 5.93. The quantitative estimate of drug-likeness (QED) is 0.586. The van der Waals surface area contributed by atoms with E-state index in [-0.39, 0.29) is 17.0 Å². The molecule has 1 aromatic carbocycles. The van der Waals surface area contributed by atoms with Crippen LogP contribution in [0.2, 0.25) is 0 Å². The molecule has 0 bridgehead atoms. The summed E-state index contributed by atoms with van der Waals surface area (Å²) in [5, 5.41) is 2.65. The van der Waals surface area contributed by atoms with Crippen molar-refractivity contribution in [3.8, 4) is 0 Å². The van der Waals surface area contributed by atoms with E-state index in [1.165, 1.54) is 18.9 Å². The minimum atomic E-state index is -1.04. The molecular weight excluding hydrogens is 384 g/mol. The first kappa shape index (κ1) is 20.2. The number of hydrogen-bond acceptors (Lipinski definition) is 7. The predicted octanol–water partition coefficient (Wildman–Crippen LogP) is 1.69. The number of hydrogen-bond donors (Lipinski definition) is 1. The zero-order valence-electron chi connectivity index (χ0n) is 15.8. The Balaban J connectivity index is 1.78. The van der Waals surface area contributed by atoms with Crippen molar-refractivity contribution in [2.45, 2.75) is 32.0 Å². The third-order valence-electron chi connectivity index (χ3n) is 4.76. The van der Waals surface area contributed by atoms with E-state index in [0.717, 1.165) is 4.90 Å². The topological polar surface area (TPSA) is 102 Å². The Morgan fingerprint density at radius 2 is 1.75 bits per heavy atom. The molecule has 0 saturated carbocycles. The molecule has 28 heavy (non-hydrogen) atoms. The lowest BCUT2D eigenvalue weighted by Crippen LogP contribution is -2.51. The lowest BCUT2D eigenvalue weighted by molar-refractivity contribution is -0.155. The van der Waals surface area contributed by atoms with Crippen LogP contribution in [0.1, 0.15) is 34.6 Å². The molecule has 3 rings (SSSR count). The fourth-order valence-corrected chi connectivity index (χ4v) is 4.57. The number of imide groups is 1. The van der Waals surface area contributed by atoms with E-state index in [2.05, 4.69) is 10.1 Å². The van der Waals surface area contributed by atoms with Crippen molar-refractivity contribution in [2.75, 3.05) is 18.6 Å². The molecule has 150 valence electrons. The molecule has 8 nitrogen and oxygen atoms in total. The number of ether oxygens (including phenoxy) is 2. The molecule has 3 amide bonds. The number of amides is 3. The van der Waals surface area contributed by atoms with Crippen LogP contribution in [-0.4, -0.2) is 65.6 Å². The van der Waals surface area contributed by atoms with Gasteiger partial charge in [0.1, 0.15) is 12.1 Å². The van der Waals surface area contributed by atoms with Crippen molar-refractivity contribution in [3.63, 3.8) is 0 Å². The number of carbonyl (C=O) groups excluding carboxylic acids is 4. The van der Waals surface area contributed by atoms with Crippen LogP contribution in [0.25, 0.3) is 0 Å². The van der Waals surface area contributed by atoms with Crippen molar-refractivity contribution >= 4 is 35.6 Å². The number of thioether (sulfide) groups is 1. The Labute approximate surface area is 166 Å². The zero-order valence-corrected chi connectivity index (χ0v) is 16.7. The summed E-state index contributed by atoms with van der Waals surface area (Å²) in [5.74, 6) is -0.910. The lowest BCUT2D eigenvalue weighted by atomic mass is 10.0. The van der Waals surface area contributed by atoms with Crippen LogP contribution in [0.5, 0.6) is 0 Å². The Hall–Kier alpha value is -2.55. The van der Waals surface area contributed by atoms with Crippen molar-refractivity contribution in [2.24, 2.45) is 5.92 Å². The summed E-state index contributed by atoms with van der Waals surface area (Å²) < 4.78 is 10.2. The van der Waals surface area contributed by atoms with E-state index in [1.54, 1.807) is 38.1 Å². The van der Waals surface area contributed by atoms with Gasteiger partial charge in [0.2, 0.25) is 0 Å². The molecule has 2 heterocycles. The average molecular weight is 406 g/mol. The van der Waals surface area contributed by atoms with Gasteiger partial charge in [-0.2, -0.15) is 11.8 Å². The van der Waals surface area contributed by atoms with Gasteiger partial charge in [0, 0.05) is 11.5 Å². The molecule has 0 spiro atoms. The Morgan fingerprint density at radius 3 is 2.29 bits per heavy atom. The van der Waals surface area contributed by atoms with E-state index in [4.69, 9.17) is 4.74 Å². The lowest BCUT2D eigenvalue weighted by Gasteiger charge is -2.29. The van der Waals surface area contributed by atoms with Gasteiger partial charge in [-0.15, -0.1) is 0 Å². The third kappa shape index (κ3) is 3.71. The van der Waals surface area contributed by atoms with E-state index in [1.807, 2.05) is 0 Å². The molecule has 1 aromatic rings. The number of nitrogens with zero attached hydrogens (tertiary/aromatic N) is 1. The standard InChI is InChI=1S/C19H22N2O6S/c1-10(2)15(21-16(22)11-6-4-5-7-12(11)17(21)23)18(24)27-14-9-28-8-13(14)20-19(25)26-3/h4-7,10,13-15H,8-9H2,1-3H3,(H,20,25)/t13-,14+,15+/m1/s1. The number of methoxy groups -OCH3 is 1. The highest BCUT2D eigenvalue weighted by molar-refractivity contribution is 7.99. The van der Waals surface area contributed by atoms with Crippen LogP contribution >= 0.6 is 11.8 Å². The fourth-order valence-electron chi connectivity index (χ4n) is 3.35. The highest BCUT2D eigenvalue weighted by atomic mass is 32.2. The molecule has 0 radical (unpaired) electrons. The van der Waals surface area contributed by atoms with Gasteiger partial charge >= 0.3 is 12.1 Å². The van der Waals surface area contributed by atoms with Crippen molar-refractivity contribution in [1.29, 1.82) is 0 Å². The highest BCUT2D eigenvalue weighted by Crippen LogP contribution is 2.29. The molecule has 1 fully saturated rings. The fraction of sp³-hybridized carbons (Fsp3) is 0.474. The normalized spacial score (nSPS) is 22.2. The van der Waals surface area contributed by atoms with Crippen molar-refractivity contribution < 1.29 is 28.7 Å². The van der Waals surface area contributed by atoms with Crippen LogP contribution < -0.4 is 5.32 Å². The van der Waals surface area contributed by atoms with Gasteiger partial charge in [0.25, 0.3) is 11.8 Å². The second kappa shape index (κ2) is 8.22. The molecule has 0 aromatic heterocycles. The van der Waals surface area contributed by atoms with Crippen LogP contribution in [-0.2, 0) is 14.3 Å². The molecular formula is C19H22N2O6S. The molecule has 0 aliphatic carbocycles. The SMILES string of the molecule is COC(=O)N[C@@H]1CSC[C@@H]1OC(=O)[C@H](C(C)C)N1C(=O)c2ccccc2C1=O. The van der Waals surface area contributed by atoms with E-state index >= 15 is 0 Å². The summed E-state index contributed by atoms with van der Waals surface area (Å²) in [4.78, 5) is 50.9. The predicted molar refractivity (Wildman–Crippen MR) is 102 cm³/mol. The number of rotatable bonds is 5. The summed E-state index contributed by atoms with van der Waals surface area (Å²) in [7, 11) is 1.26. The van der Waals surface area contributed by atoms with Gasteiger partial charge in [0.05, 0.1) is 24.3 Å². The highest BCUT2D eigenvalue weighted by Gasteiger charge is 2.46. The van der Waals surface area contributed by atoms with Gasteiger partial charge < -0.3 is 14.8 Å². The number of carbonyl (C=O) groups is 4. The van der Waals surface area contributed by atoms with Crippen LogP contribution in [0.3, 0.4) is 0 Å². The molecule has 0 unspecified atom stereocenters. The molecule has 9 heteroatoms. The van der Waals surface area contributed by atoms with Crippen LogP contribution in [0.15, 0.2) is 24.3 Å². The minimum absolute atomic E-state index is 0.285. The first-order chi connectivity index (χ1) is 13.3. The monoisotopic (exact) mass is 406 g/mol. The Morgan fingerprint density at radius 1 is 1.14 bits per heavy atom. The zero-order chi connectivity index (χ0) is 20.4. The number of esters is 1. The average Bonchev–Trinajstić information content (AvgIpc) is 3.19. The van der Waals surface area contributed by atoms with Gasteiger partial charge in [-0.05, 0) is 18.1 Å². The molecule has 1 saturated heterocycles. The van der Waals surface area contributed by atoms with Gasteiger partial charge in [0.15, 0.2) is 0 Å². The molecule has 2 aliphatic heterocycles. The second-order valence-corrected chi connectivity index (χ2v) is 8.04. The van der Waals surface area contributed by atoms with Crippen molar-refractivity contribution in [1.82, 2.24) is 10.2 Å². The maximum Gasteiger partial charge on any atom is 0.407 e.